The van der Waals surface area contributed by atoms with Crippen molar-refractivity contribution in [3.63, 3.8) is 0 Å². The molecule has 0 aromatic carbocycles. The third kappa shape index (κ3) is 2.46. The molecule has 2 heterocycles. The van der Waals surface area contributed by atoms with E-state index in [1.807, 2.05) is 0 Å². The summed E-state index contributed by atoms with van der Waals surface area (Å²) in [6.07, 6.45) is 2.28. The number of amides is 4. The number of rotatable bonds is 4. The number of nitrogens with zero attached hydrogens (tertiary/aromatic N) is 2. The van der Waals surface area contributed by atoms with Gasteiger partial charge in [0.1, 0.15) is 11.6 Å². The molecule has 4 amide bonds. The molecule has 1 aliphatic carbocycles. The standard InChI is InChI=1S/C12H15N5O4/c1-6-13-10(17-21-6)12(3-2-4-12)16-8(18)5-7-9(19)15-11(20)14-7/h7H,2-5H2,1H3,(H,16,18)(H2,14,15,19,20)/t7-/m1/s1. The predicted octanol–water partition coefficient (Wildman–Crippen LogP) is -0.528. The van der Waals surface area contributed by atoms with Crippen LogP contribution in [0.2, 0.25) is 0 Å². The van der Waals surface area contributed by atoms with Crippen LogP contribution < -0.4 is 16.0 Å². The average molecular weight is 293 g/mol. The van der Waals surface area contributed by atoms with Gasteiger partial charge in [0.25, 0.3) is 5.91 Å². The van der Waals surface area contributed by atoms with Crippen molar-refractivity contribution < 1.29 is 18.9 Å². The van der Waals surface area contributed by atoms with Crippen molar-refractivity contribution in [3.05, 3.63) is 11.7 Å². The summed E-state index contributed by atoms with van der Waals surface area (Å²) in [4.78, 5) is 38.7. The lowest BCUT2D eigenvalue weighted by Crippen LogP contribution is -2.52. The number of carbonyl (C=O) groups is 3. The van der Waals surface area contributed by atoms with Gasteiger partial charge in [-0.3, -0.25) is 14.9 Å². The van der Waals surface area contributed by atoms with Gasteiger partial charge >= 0.3 is 6.03 Å². The van der Waals surface area contributed by atoms with Gasteiger partial charge in [-0.1, -0.05) is 5.16 Å². The highest BCUT2D eigenvalue weighted by atomic mass is 16.5. The van der Waals surface area contributed by atoms with Crippen molar-refractivity contribution >= 4 is 17.8 Å². The molecule has 1 atom stereocenters. The van der Waals surface area contributed by atoms with Crippen LogP contribution in [0, 0.1) is 6.92 Å². The summed E-state index contributed by atoms with van der Waals surface area (Å²) in [5, 5.41) is 11.2. The SMILES string of the molecule is Cc1nc(C2(NC(=O)C[C@H]3NC(=O)NC3=O)CCC2)no1. The van der Waals surface area contributed by atoms with Crippen molar-refractivity contribution in [1.82, 2.24) is 26.1 Å². The molecule has 1 saturated carbocycles. The van der Waals surface area contributed by atoms with Crippen LogP contribution in [0.5, 0.6) is 0 Å². The van der Waals surface area contributed by atoms with Crippen molar-refractivity contribution in [1.29, 1.82) is 0 Å². The lowest BCUT2D eigenvalue weighted by Gasteiger charge is -2.39. The summed E-state index contributed by atoms with van der Waals surface area (Å²) in [5.74, 6) is 0.0696. The van der Waals surface area contributed by atoms with Crippen LogP contribution in [0.1, 0.15) is 37.4 Å². The van der Waals surface area contributed by atoms with E-state index in [9.17, 15) is 14.4 Å². The summed E-state index contributed by atoms with van der Waals surface area (Å²) in [6, 6.07) is -1.41. The molecule has 0 spiro atoms. The molecule has 9 nitrogen and oxygen atoms in total. The second-order valence-electron chi connectivity index (χ2n) is 5.34. The van der Waals surface area contributed by atoms with Crippen molar-refractivity contribution in [2.24, 2.45) is 0 Å². The fourth-order valence-electron chi connectivity index (χ4n) is 2.53. The predicted molar refractivity (Wildman–Crippen MR) is 67.8 cm³/mol. The monoisotopic (exact) mass is 293 g/mol. The zero-order valence-electron chi connectivity index (χ0n) is 11.4. The Morgan fingerprint density at radius 1 is 1.48 bits per heavy atom. The van der Waals surface area contributed by atoms with E-state index in [1.54, 1.807) is 6.92 Å². The molecule has 1 aromatic rings. The maximum absolute atomic E-state index is 12.1. The second-order valence-corrected chi connectivity index (χ2v) is 5.34. The van der Waals surface area contributed by atoms with Gasteiger partial charge in [-0.05, 0) is 19.3 Å². The van der Waals surface area contributed by atoms with Crippen LogP contribution in [0.3, 0.4) is 0 Å². The first kappa shape index (κ1) is 13.5. The smallest absolute Gasteiger partial charge is 0.322 e. The van der Waals surface area contributed by atoms with E-state index < -0.39 is 23.5 Å². The molecule has 3 N–H and O–H groups in total. The Hall–Kier alpha value is -2.45. The van der Waals surface area contributed by atoms with E-state index in [1.165, 1.54) is 0 Å². The zero-order valence-corrected chi connectivity index (χ0v) is 11.4. The minimum Gasteiger partial charge on any atom is -0.343 e. The van der Waals surface area contributed by atoms with Gasteiger partial charge < -0.3 is 15.2 Å². The third-order valence-electron chi connectivity index (χ3n) is 3.79. The van der Waals surface area contributed by atoms with Gasteiger partial charge in [-0.25, -0.2) is 4.79 Å². The largest absolute Gasteiger partial charge is 0.343 e. The van der Waals surface area contributed by atoms with Crippen LogP contribution in [0.25, 0.3) is 0 Å². The van der Waals surface area contributed by atoms with Crippen LogP contribution >= 0.6 is 0 Å². The van der Waals surface area contributed by atoms with E-state index in [4.69, 9.17) is 4.52 Å². The number of aromatic nitrogens is 2. The highest BCUT2D eigenvalue weighted by Crippen LogP contribution is 2.39. The molecule has 2 fully saturated rings. The lowest BCUT2D eigenvalue weighted by atomic mass is 9.76. The van der Waals surface area contributed by atoms with Crippen molar-refractivity contribution in [2.75, 3.05) is 0 Å². The van der Waals surface area contributed by atoms with Gasteiger partial charge in [0.15, 0.2) is 5.82 Å². The maximum Gasteiger partial charge on any atom is 0.322 e. The topological polar surface area (TPSA) is 126 Å². The molecule has 3 rings (SSSR count). The van der Waals surface area contributed by atoms with E-state index in [2.05, 4.69) is 26.1 Å². The Morgan fingerprint density at radius 3 is 2.71 bits per heavy atom. The number of urea groups is 1. The number of aryl methyl sites for hydroxylation is 1. The van der Waals surface area contributed by atoms with Crippen molar-refractivity contribution in [2.45, 2.75) is 44.2 Å². The Balaban J connectivity index is 1.66. The molecular weight excluding hydrogens is 278 g/mol. The number of hydrogen-bond donors (Lipinski definition) is 3. The summed E-state index contributed by atoms with van der Waals surface area (Å²) in [7, 11) is 0. The fraction of sp³-hybridized carbons (Fsp3) is 0.583. The van der Waals surface area contributed by atoms with Gasteiger partial charge in [-0.2, -0.15) is 4.98 Å². The number of hydrogen-bond acceptors (Lipinski definition) is 6. The number of carbonyl (C=O) groups excluding carboxylic acids is 3. The molecule has 9 heteroatoms. The summed E-state index contributed by atoms with van der Waals surface area (Å²) < 4.78 is 4.96. The Morgan fingerprint density at radius 2 is 2.24 bits per heavy atom. The molecule has 0 radical (unpaired) electrons. The molecule has 1 aromatic heterocycles. The minimum absolute atomic E-state index is 0.115. The van der Waals surface area contributed by atoms with Crippen LogP contribution in [-0.2, 0) is 15.1 Å². The first-order valence-electron chi connectivity index (χ1n) is 6.72. The molecule has 21 heavy (non-hydrogen) atoms. The molecular formula is C12H15N5O4. The van der Waals surface area contributed by atoms with Gasteiger partial charge in [0, 0.05) is 6.92 Å². The van der Waals surface area contributed by atoms with E-state index in [0.29, 0.717) is 11.7 Å². The molecule has 1 saturated heterocycles. The van der Waals surface area contributed by atoms with Crippen molar-refractivity contribution in [3.8, 4) is 0 Å². The maximum atomic E-state index is 12.1. The fourth-order valence-corrected chi connectivity index (χ4v) is 2.53. The van der Waals surface area contributed by atoms with Gasteiger partial charge in [0.2, 0.25) is 11.8 Å². The molecule has 0 bridgehead atoms. The minimum atomic E-state index is -0.832. The van der Waals surface area contributed by atoms with E-state index >= 15 is 0 Å². The van der Waals surface area contributed by atoms with E-state index in [0.717, 1.165) is 19.3 Å². The van der Waals surface area contributed by atoms with Gasteiger partial charge in [-0.15, -0.1) is 0 Å². The molecule has 2 aliphatic rings. The number of imide groups is 1. The highest BCUT2D eigenvalue weighted by molar-refractivity contribution is 6.05. The number of nitrogens with one attached hydrogen (secondary N) is 3. The first-order chi connectivity index (χ1) is 9.98. The molecule has 0 unspecified atom stereocenters. The first-order valence-corrected chi connectivity index (χ1v) is 6.72. The third-order valence-corrected chi connectivity index (χ3v) is 3.79. The Kier molecular flexibility index (Phi) is 3.11. The second kappa shape index (κ2) is 4.83. The average Bonchev–Trinajstić information content (AvgIpc) is 2.91. The lowest BCUT2D eigenvalue weighted by molar-refractivity contribution is -0.128. The van der Waals surface area contributed by atoms with E-state index in [-0.39, 0.29) is 12.3 Å². The molecule has 112 valence electrons. The normalized spacial score (nSPS) is 23.2. The zero-order chi connectivity index (χ0) is 15.0. The Labute approximate surface area is 119 Å². The quantitative estimate of drug-likeness (QED) is 0.641. The van der Waals surface area contributed by atoms with Gasteiger partial charge in [0.05, 0.1) is 6.42 Å². The van der Waals surface area contributed by atoms with Crippen LogP contribution in [-0.4, -0.2) is 34.0 Å². The summed E-state index contributed by atoms with van der Waals surface area (Å²) in [5.41, 5.74) is -0.617. The summed E-state index contributed by atoms with van der Waals surface area (Å²) in [6.45, 7) is 1.68. The highest BCUT2D eigenvalue weighted by Gasteiger charge is 2.44. The molecule has 1 aliphatic heterocycles. The van der Waals surface area contributed by atoms with Crippen LogP contribution in [0.4, 0.5) is 4.79 Å². The summed E-state index contributed by atoms with van der Waals surface area (Å²) >= 11 is 0. The Bertz CT molecular complexity index is 607. The van der Waals surface area contributed by atoms with Crippen LogP contribution in [0.15, 0.2) is 4.52 Å².